The predicted octanol–water partition coefficient (Wildman–Crippen LogP) is 3.64. The number of halogens is 2. The molecule has 21 heavy (non-hydrogen) atoms. The average molecular weight is 360 g/mol. The molecule has 5 nitrogen and oxygen atoms in total. The SMILES string of the molecule is CCN1CCC(CNc2cc(F)c(Br)cc2[N+](=O)[O-])CC1. The molecule has 7 heteroatoms. The molecule has 0 atom stereocenters. The summed E-state index contributed by atoms with van der Waals surface area (Å²) in [5.74, 6) is -0.0250. The Bertz CT molecular complexity index is 519. The molecule has 0 unspecified atom stereocenters. The zero-order valence-electron chi connectivity index (χ0n) is 11.9. The van der Waals surface area contributed by atoms with Gasteiger partial charge in [-0.2, -0.15) is 0 Å². The van der Waals surface area contributed by atoms with Gasteiger partial charge in [-0.25, -0.2) is 4.39 Å². The lowest BCUT2D eigenvalue weighted by Crippen LogP contribution is -2.35. The van der Waals surface area contributed by atoms with Gasteiger partial charge in [0.25, 0.3) is 5.69 Å². The summed E-state index contributed by atoms with van der Waals surface area (Å²) in [5, 5.41) is 14.1. The normalized spacial score (nSPS) is 16.9. The van der Waals surface area contributed by atoms with Crippen molar-refractivity contribution in [1.82, 2.24) is 4.90 Å². The number of nitro groups is 1. The minimum Gasteiger partial charge on any atom is -0.379 e. The Morgan fingerprint density at radius 2 is 2.14 bits per heavy atom. The van der Waals surface area contributed by atoms with Crippen LogP contribution in [-0.2, 0) is 0 Å². The number of nitrogens with zero attached hydrogens (tertiary/aromatic N) is 2. The van der Waals surface area contributed by atoms with Crippen LogP contribution in [0.3, 0.4) is 0 Å². The van der Waals surface area contributed by atoms with Crippen LogP contribution in [-0.4, -0.2) is 36.0 Å². The molecule has 0 bridgehead atoms. The van der Waals surface area contributed by atoms with E-state index >= 15 is 0 Å². The van der Waals surface area contributed by atoms with Gasteiger partial charge in [-0.05, 0) is 54.3 Å². The Morgan fingerprint density at radius 3 is 2.71 bits per heavy atom. The van der Waals surface area contributed by atoms with Crippen molar-refractivity contribution in [2.45, 2.75) is 19.8 Å². The smallest absolute Gasteiger partial charge is 0.293 e. The van der Waals surface area contributed by atoms with Gasteiger partial charge in [0.1, 0.15) is 11.5 Å². The lowest BCUT2D eigenvalue weighted by molar-refractivity contribution is -0.384. The van der Waals surface area contributed by atoms with Crippen LogP contribution in [0, 0.1) is 21.8 Å². The van der Waals surface area contributed by atoms with Crippen LogP contribution in [0.15, 0.2) is 16.6 Å². The molecule has 1 aliphatic rings. The lowest BCUT2D eigenvalue weighted by Gasteiger charge is -2.31. The number of anilines is 1. The molecule has 1 heterocycles. The van der Waals surface area contributed by atoms with Gasteiger partial charge in [0.05, 0.1) is 9.40 Å². The molecule has 0 amide bonds. The van der Waals surface area contributed by atoms with Crippen molar-refractivity contribution in [3.05, 3.63) is 32.5 Å². The number of likely N-dealkylation sites (tertiary alicyclic amines) is 1. The monoisotopic (exact) mass is 359 g/mol. The maximum Gasteiger partial charge on any atom is 0.293 e. The van der Waals surface area contributed by atoms with Crippen LogP contribution in [0.25, 0.3) is 0 Å². The summed E-state index contributed by atoms with van der Waals surface area (Å²) in [5.41, 5.74) is 0.146. The van der Waals surface area contributed by atoms with Gasteiger partial charge in [0.2, 0.25) is 0 Å². The lowest BCUT2D eigenvalue weighted by atomic mass is 9.96. The maximum absolute atomic E-state index is 13.6. The maximum atomic E-state index is 13.6. The van der Waals surface area contributed by atoms with Gasteiger partial charge in [-0.15, -0.1) is 0 Å². The van der Waals surface area contributed by atoms with Crippen LogP contribution in [0.2, 0.25) is 0 Å². The standard InChI is InChI=1S/C14H19BrFN3O2/c1-2-18-5-3-10(4-6-18)9-17-13-8-12(16)11(15)7-14(13)19(20)21/h7-8,10,17H,2-6,9H2,1H3. The zero-order valence-corrected chi connectivity index (χ0v) is 13.5. The van der Waals surface area contributed by atoms with Crippen LogP contribution in [0.1, 0.15) is 19.8 Å². The van der Waals surface area contributed by atoms with Gasteiger partial charge in [-0.3, -0.25) is 10.1 Å². The minimum absolute atomic E-state index is 0.103. The van der Waals surface area contributed by atoms with E-state index in [1.54, 1.807) is 0 Å². The van der Waals surface area contributed by atoms with Crippen molar-refractivity contribution in [1.29, 1.82) is 0 Å². The average Bonchev–Trinajstić information content (AvgIpc) is 2.48. The Balaban J connectivity index is 2.00. The highest BCUT2D eigenvalue weighted by Crippen LogP contribution is 2.31. The number of hydrogen-bond acceptors (Lipinski definition) is 4. The molecule has 2 rings (SSSR count). The molecule has 0 aliphatic carbocycles. The Morgan fingerprint density at radius 1 is 1.48 bits per heavy atom. The van der Waals surface area contributed by atoms with E-state index in [0.29, 0.717) is 12.5 Å². The fourth-order valence-corrected chi connectivity index (χ4v) is 2.92. The highest BCUT2D eigenvalue weighted by molar-refractivity contribution is 9.10. The molecule has 1 saturated heterocycles. The summed E-state index contributed by atoms with van der Waals surface area (Å²) in [6.07, 6.45) is 2.13. The van der Waals surface area contributed by atoms with Crippen molar-refractivity contribution >= 4 is 27.3 Å². The van der Waals surface area contributed by atoms with E-state index in [9.17, 15) is 14.5 Å². The van der Waals surface area contributed by atoms with E-state index < -0.39 is 10.7 Å². The third-order valence-corrected chi connectivity index (χ3v) is 4.58. The summed E-state index contributed by atoms with van der Waals surface area (Å²) in [7, 11) is 0. The molecule has 0 aromatic heterocycles. The van der Waals surface area contributed by atoms with Crippen LogP contribution in [0.5, 0.6) is 0 Å². The van der Waals surface area contributed by atoms with E-state index in [4.69, 9.17) is 0 Å². The molecule has 116 valence electrons. The quantitative estimate of drug-likeness (QED) is 0.643. The molecule has 0 radical (unpaired) electrons. The van der Waals surface area contributed by atoms with E-state index in [-0.39, 0.29) is 15.8 Å². The van der Waals surface area contributed by atoms with Crippen molar-refractivity contribution in [2.24, 2.45) is 5.92 Å². The number of nitro benzene ring substituents is 1. The van der Waals surface area contributed by atoms with Gasteiger partial charge in [0.15, 0.2) is 0 Å². The first kappa shape index (κ1) is 16.2. The summed E-state index contributed by atoms with van der Waals surface area (Å²) in [6, 6.07) is 2.39. The van der Waals surface area contributed by atoms with Gasteiger partial charge >= 0.3 is 0 Å². The van der Waals surface area contributed by atoms with Crippen LogP contribution < -0.4 is 5.32 Å². The van der Waals surface area contributed by atoms with E-state index in [1.165, 1.54) is 12.1 Å². The predicted molar refractivity (Wildman–Crippen MR) is 84.1 cm³/mol. The minimum atomic E-state index is -0.496. The zero-order chi connectivity index (χ0) is 15.4. The van der Waals surface area contributed by atoms with Gasteiger partial charge in [-0.1, -0.05) is 6.92 Å². The Kier molecular flexibility index (Phi) is 5.52. The van der Waals surface area contributed by atoms with Gasteiger partial charge < -0.3 is 10.2 Å². The first-order chi connectivity index (χ1) is 10.0. The third kappa shape index (κ3) is 4.14. The Labute approximate surface area is 131 Å². The van der Waals surface area contributed by atoms with Gasteiger partial charge in [0, 0.05) is 18.7 Å². The molecule has 0 spiro atoms. The van der Waals surface area contributed by atoms with E-state index in [2.05, 4.69) is 33.1 Å². The second-order valence-corrected chi connectivity index (χ2v) is 6.15. The molecule has 1 aromatic rings. The fraction of sp³-hybridized carbons (Fsp3) is 0.571. The van der Waals surface area contributed by atoms with Crippen LogP contribution in [0.4, 0.5) is 15.8 Å². The van der Waals surface area contributed by atoms with Crippen molar-refractivity contribution < 1.29 is 9.31 Å². The van der Waals surface area contributed by atoms with E-state index in [1.807, 2.05) is 0 Å². The summed E-state index contributed by atoms with van der Waals surface area (Å²) < 4.78 is 13.7. The van der Waals surface area contributed by atoms with Crippen molar-refractivity contribution in [2.75, 3.05) is 31.5 Å². The van der Waals surface area contributed by atoms with Crippen LogP contribution >= 0.6 is 15.9 Å². The molecular formula is C14H19BrFN3O2. The molecule has 1 aromatic carbocycles. The molecule has 0 saturated carbocycles. The number of hydrogen-bond donors (Lipinski definition) is 1. The van der Waals surface area contributed by atoms with E-state index in [0.717, 1.165) is 32.5 Å². The fourth-order valence-electron chi connectivity index (χ4n) is 2.59. The second kappa shape index (κ2) is 7.17. The van der Waals surface area contributed by atoms with Crippen molar-refractivity contribution in [3.63, 3.8) is 0 Å². The number of benzene rings is 1. The molecule has 1 N–H and O–H groups in total. The number of nitrogens with one attached hydrogen (secondary N) is 1. The first-order valence-corrected chi connectivity index (χ1v) is 7.90. The topological polar surface area (TPSA) is 58.4 Å². The molecule has 1 aliphatic heterocycles. The number of piperidine rings is 1. The third-order valence-electron chi connectivity index (χ3n) is 3.97. The summed E-state index contributed by atoms with van der Waals surface area (Å²) in [6.45, 7) is 5.95. The largest absolute Gasteiger partial charge is 0.379 e. The summed E-state index contributed by atoms with van der Waals surface area (Å²) in [4.78, 5) is 12.9. The Hall–Kier alpha value is -1.21. The second-order valence-electron chi connectivity index (χ2n) is 5.30. The highest BCUT2D eigenvalue weighted by Gasteiger charge is 2.21. The highest BCUT2D eigenvalue weighted by atomic mass is 79.9. The molecule has 1 fully saturated rings. The number of rotatable bonds is 5. The summed E-state index contributed by atoms with van der Waals surface area (Å²) >= 11 is 2.98. The first-order valence-electron chi connectivity index (χ1n) is 7.11. The molecular weight excluding hydrogens is 341 g/mol. The van der Waals surface area contributed by atoms with Crippen molar-refractivity contribution in [3.8, 4) is 0 Å².